The summed E-state index contributed by atoms with van der Waals surface area (Å²) in [6.07, 6.45) is 3.98. The van der Waals surface area contributed by atoms with Crippen molar-refractivity contribution in [2.75, 3.05) is 13.2 Å². The lowest BCUT2D eigenvalue weighted by Crippen LogP contribution is -2.08. The highest BCUT2D eigenvalue weighted by Gasteiger charge is 2.21. The summed E-state index contributed by atoms with van der Waals surface area (Å²) in [4.78, 5) is 0.204. The van der Waals surface area contributed by atoms with Crippen LogP contribution in [-0.4, -0.2) is 21.6 Å². The first-order chi connectivity index (χ1) is 12.0. The molecule has 2 aromatic rings. The van der Waals surface area contributed by atoms with E-state index >= 15 is 0 Å². The fourth-order valence-corrected chi connectivity index (χ4v) is 3.41. The molecule has 1 aliphatic carbocycles. The highest BCUT2D eigenvalue weighted by molar-refractivity contribution is 7.86. The minimum Gasteiger partial charge on any atom is -0.493 e. The number of hydrogen-bond donors (Lipinski definition) is 0. The van der Waals surface area contributed by atoms with E-state index in [4.69, 9.17) is 8.92 Å². The molecule has 0 saturated heterocycles. The van der Waals surface area contributed by atoms with Crippen LogP contribution in [0.3, 0.4) is 0 Å². The Hall–Kier alpha value is -1.85. The van der Waals surface area contributed by atoms with E-state index in [-0.39, 0.29) is 11.5 Å². The minimum absolute atomic E-state index is 0.177. The molecule has 1 fully saturated rings. The van der Waals surface area contributed by atoms with Crippen molar-refractivity contribution in [3.05, 3.63) is 59.7 Å². The molecule has 0 unspecified atom stereocenters. The number of benzene rings is 2. The van der Waals surface area contributed by atoms with Crippen molar-refractivity contribution in [1.82, 2.24) is 0 Å². The van der Waals surface area contributed by atoms with Crippen molar-refractivity contribution in [2.45, 2.75) is 37.5 Å². The van der Waals surface area contributed by atoms with Gasteiger partial charge in [0.15, 0.2) is 0 Å². The van der Waals surface area contributed by atoms with Gasteiger partial charge in [-0.15, -0.1) is 0 Å². The normalized spacial score (nSPS) is 14.4. The van der Waals surface area contributed by atoms with Crippen LogP contribution in [0.15, 0.2) is 53.4 Å². The Balaban J connectivity index is 1.42. The summed E-state index contributed by atoms with van der Waals surface area (Å²) in [7, 11) is -3.67. The molecule has 25 heavy (non-hydrogen) atoms. The maximum Gasteiger partial charge on any atom is 0.296 e. The molecule has 0 bridgehead atoms. The highest BCUT2D eigenvalue weighted by Crippen LogP contribution is 2.29. The van der Waals surface area contributed by atoms with Gasteiger partial charge in [0.25, 0.3) is 10.1 Å². The van der Waals surface area contributed by atoms with Gasteiger partial charge in [0.2, 0.25) is 0 Å². The molecule has 0 aromatic heterocycles. The molecule has 1 aliphatic rings. The van der Waals surface area contributed by atoms with Gasteiger partial charge < -0.3 is 4.74 Å². The summed E-state index contributed by atoms with van der Waals surface area (Å²) in [5.41, 5.74) is 2.17. The van der Waals surface area contributed by atoms with Gasteiger partial charge >= 0.3 is 0 Å². The van der Waals surface area contributed by atoms with Crippen molar-refractivity contribution >= 4 is 10.1 Å². The van der Waals surface area contributed by atoms with Gasteiger partial charge in [-0.2, -0.15) is 8.42 Å². The molecular weight excluding hydrogens is 336 g/mol. The van der Waals surface area contributed by atoms with E-state index in [9.17, 15) is 8.42 Å². The molecule has 5 heteroatoms. The van der Waals surface area contributed by atoms with E-state index in [1.165, 1.54) is 12.8 Å². The number of ether oxygens (including phenoxy) is 1. The van der Waals surface area contributed by atoms with Crippen LogP contribution >= 0.6 is 0 Å². The second-order valence-corrected chi connectivity index (χ2v) is 8.21. The quantitative estimate of drug-likeness (QED) is 0.498. The summed E-state index contributed by atoms with van der Waals surface area (Å²) < 4.78 is 35.0. The Labute approximate surface area is 149 Å². The van der Waals surface area contributed by atoms with E-state index < -0.39 is 10.1 Å². The summed E-state index contributed by atoms with van der Waals surface area (Å²) >= 11 is 0. The standard InChI is InChI=1S/C20H24O4S/c1-16-4-12-20(13-5-16)25(21,22)24-14-2-3-17-8-10-19(11-9-17)23-15-18-6-7-18/h4-5,8-13,18H,2-3,6-7,14-15H2,1H3. The van der Waals surface area contributed by atoms with Crippen LogP contribution in [-0.2, 0) is 20.7 Å². The van der Waals surface area contributed by atoms with Crippen molar-refractivity contribution in [2.24, 2.45) is 5.92 Å². The number of rotatable bonds is 9. The molecule has 0 amide bonds. The van der Waals surface area contributed by atoms with Crippen LogP contribution in [0.4, 0.5) is 0 Å². The molecule has 134 valence electrons. The van der Waals surface area contributed by atoms with Crippen LogP contribution in [0.1, 0.15) is 30.4 Å². The lowest BCUT2D eigenvalue weighted by molar-refractivity contribution is 0.299. The zero-order chi connectivity index (χ0) is 17.7. The first kappa shape index (κ1) is 18.0. The predicted molar refractivity (Wildman–Crippen MR) is 97.3 cm³/mol. The number of hydrogen-bond acceptors (Lipinski definition) is 4. The Morgan fingerprint density at radius 3 is 2.32 bits per heavy atom. The second-order valence-electron chi connectivity index (χ2n) is 6.59. The topological polar surface area (TPSA) is 52.6 Å². The van der Waals surface area contributed by atoms with Gasteiger partial charge in [-0.25, -0.2) is 0 Å². The fraction of sp³-hybridized carbons (Fsp3) is 0.400. The zero-order valence-corrected chi connectivity index (χ0v) is 15.3. The first-order valence-electron chi connectivity index (χ1n) is 8.71. The van der Waals surface area contributed by atoms with Crippen LogP contribution in [0.2, 0.25) is 0 Å². The van der Waals surface area contributed by atoms with Crippen molar-refractivity contribution in [3.8, 4) is 5.75 Å². The summed E-state index contributed by atoms with van der Waals surface area (Å²) in [5, 5.41) is 0. The Morgan fingerprint density at radius 2 is 1.68 bits per heavy atom. The maximum atomic E-state index is 12.1. The van der Waals surface area contributed by atoms with Crippen LogP contribution in [0.5, 0.6) is 5.75 Å². The maximum absolute atomic E-state index is 12.1. The van der Waals surface area contributed by atoms with Gasteiger partial charge in [-0.05, 0) is 68.4 Å². The fourth-order valence-electron chi connectivity index (χ4n) is 2.47. The smallest absolute Gasteiger partial charge is 0.296 e. The van der Waals surface area contributed by atoms with E-state index in [0.717, 1.165) is 35.8 Å². The summed E-state index contributed by atoms with van der Waals surface area (Å²) in [6.45, 7) is 2.90. The van der Waals surface area contributed by atoms with Crippen molar-refractivity contribution in [1.29, 1.82) is 0 Å². The van der Waals surface area contributed by atoms with Crippen LogP contribution in [0, 0.1) is 12.8 Å². The van der Waals surface area contributed by atoms with Gasteiger partial charge in [0.05, 0.1) is 18.1 Å². The molecule has 1 saturated carbocycles. The van der Waals surface area contributed by atoms with Crippen molar-refractivity contribution < 1.29 is 17.3 Å². The monoisotopic (exact) mass is 360 g/mol. The summed E-state index contributed by atoms with van der Waals surface area (Å²) in [5.74, 6) is 1.64. The average molecular weight is 360 g/mol. The zero-order valence-electron chi connectivity index (χ0n) is 14.5. The molecule has 4 nitrogen and oxygen atoms in total. The van der Waals surface area contributed by atoms with E-state index in [1.807, 2.05) is 31.2 Å². The molecule has 0 radical (unpaired) electrons. The average Bonchev–Trinajstić information content (AvgIpc) is 3.43. The molecular formula is C20H24O4S. The largest absolute Gasteiger partial charge is 0.493 e. The predicted octanol–water partition coefficient (Wildman–Crippen LogP) is 4.12. The van der Waals surface area contributed by atoms with E-state index in [0.29, 0.717) is 6.42 Å². The lowest BCUT2D eigenvalue weighted by Gasteiger charge is -2.08. The third-order valence-electron chi connectivity index (χ3n) is 4.26. The minimum atomic E-state index is -3.67. The molecule has 3 rings (SSSR count). The first-order valence-corrected chi connectivity index (χ1v) is 10.1. The Morgan fingerprint density at radius 1 is 1.00 bits per heavy atom. The van der Waals surface area contributed by atoms with Crippen LogP contribution in [0.25, 0.3) is 0 Å². The SMILES string of the molecule is Cc1ccc(S(=O)(=O)OCCCc2ccc(OCC3CC3)cc2)cc1. The Kier molecular flexibility index (Phi) is 5.76. The lowest BCUT2D eigenvalue weighted by atomic mass is 10.1. The molecule has 0 aliphatic heterocycles. The highest BCUT2D eigenvalue weighted by atomic mass is 32.2. The van der Waals surface area contributed by atoms with Crippen molar-refractivity contribution in [3.63, 3.8) is 0 Å². The van der Waals surface area contributed by atoms with E-state index in [1.54, 1.807) is 24.3 Å². The molecule has 0 spiro atoms. The van der Waals surface area contributed by atoms with Gasteiger partial charge in [-0.1, -0.05) is 29.8 Å². The van der Waals surface area contributed by atoms with Gasteiger partial charge in [-0.3, -0.25) is 4.18 Å². The third-order valence-corrected chi connectivity index (χ3v) is 5.59. The molecule has 0 heterocycles. The van der Waals surface area contributed by atoms with Gasteiger partial charge in [0.1, 0.15) is 5.75 Å². The Bertz CT molecular complexity index is 775. The molecule has 0 atom stereocenters. The third kappa shape index (κ3) is 5.58. The summed E-state index contributed by atoms with van der Waals surface area (Å²) in [6, 6.07) is 14.7. The van der Waals surface area contributed by atoms with Gasteiger partial charge in [0, 0.05) is 0 Å². The second kappa shape index (κ2) is 8.02. The molecule has 0 N–H and O–H groups in total. The number of aryl methyl sites for hydroxylation is 2. The van der Waals surface area contributed by atoms with Crippen LogP contribution < -0.4 is 4.74 Å². The molecule has 2 aromatic carbocycles. The van der Waals surface area contributed by atoms with E-state index in [2.05, 4.69) is 0 Å².